The fraction of sp³-hybridized carbons (Fsp3) is 0.333. The second-order valence-electron chi connectivity index (χ2n) is 4.07. The van der Waals surface area contributed by atoms with E-state index < -0.39 is 17.4 Å². The van der Waals surface area contributed by atoms with Gasteiger partial charge in [-0.1, -0.05) is 18.5 Å². The smallest absolute Gasteiger partial charge is 0.329 e. The predicted octanol–water partition coefficient (Wildman–Crippen LogP) is 3.09. The molecular weight excluding hydrogens is 321 g/mol. The van der Waals surface area contributed by atoms with Crippen molar-refractivity contribution in [2.75, 3.05) is 0 Å². The molecule has 1 amide bonds. The van der Waals surface area contributed by atoms with E-state index in [0.29, 0.717) is 21.5 Å². The summed E-state index contributed by atoms with van der Waals surface area (Å²) in [5.74, 6) is -1.51. The van der Waals surface area contributed by atoms with Crippen LogP contribution in [-0.2, 0) is 4.79 Å². The van der Waals surface area contributed by atoms with Gasteiger partial charge in [0.05, 0.1) is 5.02 Å². The SMILES string of the molecule is CCC(C)(NC(=O)c1ccc(Cl)c(Br)c1)C(=O)O. The van der Waals surface area contributed by atoms with Crippen LogP contribution in [0.4, 0.5) is 0 Å². The lowest BCUT2D eigenvalue weighted by atomic mass is 9.98. The number of carboxylic acids is 1. The third-order valence-electron chi connectivity index (χ3n) is 2.75. The lowest BCUT2D eigenvalue weighted by molar-refractivity contribution is -0.143. The van der Waals surface area contributed by atoms with Crippen molar-refractivity contribution < 1.29 is 14.7 Å². The first kappa shape index (κ1) is 15.0. The van der Waals surface area contributed by atoms with Gasteiger partial charge >= 0.3 is 5.97 Å². The van der Waals surface area contributed by atoms with Crippen molar-refractivity contribution >= 4 is 39.4 Å². The molecule has 98 valence electrons. The molecule has 1 aromatic carbocycles. The van der Waals surface area contributed by atoms with Crippen LogP contribution in [0.5, 0.6) is 0 Å². The summed E-state index contributed by atoms with van der Waals surface area (Å²) in [6.45, 7) is 3.17. The van der Waals surface area contributed by atoms with Gasteiger partial charge in [-0.05, 0) is 47.5 Å². The average Bonchev–Trinajstić information content (AvgIpc) is 2.32. The van der Waals surface area contributed by atoms with Crippen LogP contribution in [0, 0.1) is 0 Å². The van der Waals surface area contributed by atoms with Crippen LogP contribution >= 0.6 is 27.5 Å². The monoisotopic (exact) mass is 333 g/mol. The summed E-state index contributed by atoms with van der Waals surface area (Å²) in [6, 6.07) is 4.67. The van der Waals surface area contributed by atoms with E-state index in [1.165, 1.54) is 6.92 Å². The number of hydrogen-bond acceptors (Lipinski definition) is 2. The second-order valence-corrected chi connectivity index (χ2v) is 5.34. The van der Waals surface area contributed by atoms with Crippen LogP contribution < -0.4 is 5.32 Å². The van der Waals surface area contributed by atoms with Gasteiger partial charge in [0.25, 0.3) is 5.91 Å². The number of nitrogens with one attached hydrogen (secondary N) is 1. The molecule has 0 radical (unpaired) electrons. The highest BCUT2D eigenvalue weighted by Gasteiger charge is 2.33. The van der Waals surface area contributed by atoms with Crippen LogP contribution in [0.3, 0.4) is 0 Å². The molecule has 0 spiro atoms. The summed E-state index contributed by atoms with van der Waals surface area (Å²) >= 11 is 9.04. The first-order valence-corrected chi connectivity index (χ1v) is 6.48. The van der Waals surface area contributed by atoms with Gasteiger partial charge in [-0.25, -0.2) is 4.79 Å². The summed E-state index contributed by atoms with van der Waals surface area (Å²) in [4.78, 5) is 23.0. The lowest BCUT2D eigenvalue weighted by Gasteiger charge is -2.24. The highest BCUT2D eigenvalue weighted by atomic mass is 79.9. The molecule has 0 fully saturated rings. The first-order chi connectivity index (χ1) is 8.30. The Bertz CT molecular complexity index is 492. The number of carboxylic acid groups (broad SMARTS) is 1. The number of hydrogen-bond donors (Lipinski definition) is 2. The molecule has 6 heteroatoms. The third kappa shape index (κ3) is 3.23. The Labute approximate surface area is 118 Å². The number of carbonyl (C=O) groups excluding carboxylic acids is 1. The highest BCUT2D eigenvalue weighted by molar-refractivity contribution is 9.10. The van der Waals surface area contributed by atoms with E-state index in [1.807, 2.05) is 0 Å². The minimum Gasteiger partial charge on any atom is -0.480 e. The van der Waals surface area contributed by atoms with E-state index in [-0.39, 0.29) is 0 Å². The standard InChI is InChI=1S/C12H13BrClNO3/c1-3-12(2,11(17)18)15-10(16)7-4-5-9(14)8(13)6-7/h4-6H,3H2,1-2H3,(H,15,16)(H,17,18). The first-order valence-electron chi connectivity index (χ1n) is 5.31. The number of amides is 1. The highest BCUT2D eigenvalue weighted by Crippen LogP contribution is 2.23. The molecule has 0 saturated carbocycles. The van der Waals surface area contributed by atoms with Gasteiger partial charge in [0.1, 0.15) is 5.54 Å². The largest absolute Gasteiger partial charge is 0.480 e. The normalized spacial score (nSPS) is 13.8. The Hall–Kier alpha value is -1.07. The number of benzene rings is 1. The summed E-state index contributed by atoms with van der Waals surface area (Å²) in [5.41, 5.74) is -0.921. The van der Waals surface area contributed by atoms with Gasteiger partial charge < -0.3 is 10.4 Å². The zero-order chi connectivity index (χ0) is 13.9. The quantitative estimate of drug-likeness (QED) is 0.889. The van der Waals surface area contributed by atoms with Crippen molar-refractivity contribution in [3.05, 3.63) is 33.3 Å². The van der Waals surface area contributed by atoms with E-state index in [0.717, 1.165) is 0 Å². The van der Waals surface area contributed by atoms with E-state index in [4.69, 9.17) is 16.7 Å². The number of carbonyl (C=O) groups is 2. The molecule has 1 rings (SSSR count). The Kier molecular flexibility index (Phi) is 4.76. The van der Waals surface area contributed by atoms with Gasteiger partial charge in [-0.3, -0.25) is 4.79 Å². The van der Waals surface area contributed by atoms with Crippen molar-refractivity contribution in [1.82, 2.24) is 5.32 Å². The van der Waals surface area contributed by atoms with E-state index in [1.54, 1.807) is 25.1 Å². The van der Waals surface area contributed by atoms with Crippen molar-refractivity contribution in [2.45, 2.75) is 25.8 Å². The summed E-state index contributed by atoms with van der Waals surface area (Å²) in [7, 11) is 0. The van der Waals surface area contributed by atoms with Gasteiger partial charge in [-0.2, -0.15) is 0 Å². The van der Waals surface area contributed by atoms with Crippen molar-refractivity contribution in [3.63, 3.8) is 0 Å². The predicted molar refractivity (Wildman–Crippen MR) is 73.0 cm³/mol. The topological polar surface area (TPSA) is 66.4 Å². The maximum atomic E-state index is 11.9. The number of aliphatic carboxylic acids is 1. The molecule has 0 aliphatic carbocycles. The molecule has 0 saturated heterocycles. The zero-order valence-electron chi connectivity index (χ0n) is 9.96. The Morgan fingerprint density at radius 2 is 2.11 bits per heavy atom. The fourth-order valence-corrected chi connectivity index (χ4v) is 1.75. The second kappa shape index (κ2) is 5.71. The van der Waals surface area contributed by atoms with E-state index >= 15 is 0 Å². The average molecular weight is 335 g/mol. The minimum absolute atomic E-state index is 0.294. The molecule has 0 aliphatic rings. The Morgan fingerprint density at radius 3 is 2.56 bits per heavy atom. The maximum absolute atomic E-state index is 11.9. The van der Waals surface area contributed by atoms with Crippen LogP contribution in [0.25, 0.3) is 0 Å². The van der Waals surface area contributed by atoms with Gasteiger partial charge in [-0.15, -0.1) is 0 Å². The molecule has 1 atom stereocenters. The van der Waals surface area contributed by atoms with E-state index in [9.17, 15) is 9.59 Å². The fourth-order valence-electron chi connectivity index (χ4n) is 1.25. The Morgan fingerprint density at radius 1 is 1.50 bits per heavy atom. The molecule has 1 aromatic rings. The molecule has 0 bridgehead atoms. The van der Waals surface area contributed by atoms with Gasteiger partial charge in [0.15, 0.2) is 0 Å². The molecule has 2 N–H and O–H groups in total. The molecule has 4 nitrogen and oxygen atoms in total. The van der Waals surface area contributed by atoms with Crippen molar-refractivity contribution in [3.8, 4) is 0 Å². The summed E-state index contributed by atoms with van der Waals surface area (Å²) in [6.07, 6.45) is 0.294. The van der Waals surface area contributed by atoms with E-state index in [2.05, 4.69) is 21.2 Å². The lowest BCUT2D eigenvalue weighted by Crippen LogP contribution is -2.51. The summed E-state index contributed by atoms with van der Waals surface area (Å²) in [5, 5.41) is 12.1. The molecule has 0 heterocycles. The van der Waals surface area contributed by atoms with Crippen LogP contribution in [-0.4, -0.2) is 22.5 Å². The molecule has 18 heavy (non-hydrogen) atoms. The number of rotatable bonds is 4. The Balaban J connectivity index is 2.95. The molecular formula is C12H13BrClNO3. The number of halogens is 2. The zero-order valence-corrected chi connectivity index (χ0v) is 12.3. The van der Waals surface area contributed by atoms with Crippen LogP contribution in [0.2, 0.25) is 5.02 Å². The minimum atomic E-state index is -1.27. The van der Waals surface area contributed by atoms with Crippen LogP contribution in [0.1, 0.15) is 30.6 Å². The molecule has 1 unspecified atom stereocenters. The third-order valence-corrected chi connectivity index (χ3v) is 3.96. The van der Waals surface area contributed by atoms with Crippen LogP contribution in [0.15, 0.2) is 22.7 Å². The van der Waals surface area contributed by atoms with Crippen molar-refractivity contribution in [1.29, 1.82) is 0 Å². The van der Waals surface area contributed by atoms with Gasteiger partial charge in [0.2, 0.25) is 0 Å². The maximum Gasteiger partial charge on any atom is 0.329 e. The van der Waals surface area contributed by atoms with Crippen molar-refractivity contribution in [2.24, 2.45) is 0 Å². The molecule has 0 aromatic heterocycles. The molecule has 0 aliphatic heterocycles. The van der Waals surface area contributed by atoms with Gasteiger partial charge in [0, 0.05) is 10.0 Å². The summed E-state index contributed by atoms with van der Waals surface area (Å²) < 4.78 is 0.588.